The second-order valence-corrected chi connectivity index (χ2v) is 3.71. The van der Waals surface area contributed by atoms with Crippen molar-refractivity contribution >= 4 is 17.4 Å². The highest BCUT2D eigenvalue weighted by atomic mass is 35.5. The molecule has 4 heteroatoms. The first-order chi connectivity index (χ1) is 6.27. The SMILES string of the molecule is C[C@H]1CCCN1c1ccnc(Cl)n1. The average Bonchev–Trinajstić information content (AvgIpc) is 2.51. The molecule has 0 saturated carbocycles. The molecule has 2 heterocycles. The van der Waals surface area contributed by atoms with Gasteiger partial charge in [0.25, 0.3) is 0 Å². The Bertz CT molecular complexity index is 303. The zero-order valence-electron chi connectivity index (χ0n) is 7.57. The molecule has 0 N–H and O–H groups in total. The van der Waals surface area contributed by atoms with Gasteiger partial charge in [0.2, 0.25) is 5.28 Å². The zero-order chi connectivity index (χ0) is 9.26. The third-order valence-electron chi connectivity index (χ3n) is 2.46. The van der Waals surface area contributed by atoms with Gasteiger partial charge in [0.15, 0.2) is 0 Å². The van der Waals surface area contributed by atoms with E-state index in [4.69, 9.17) is 11.6 Å². The molecule has 1 aromatic heterocycles. The Morgan fingerprint density at radius 3 is 3.08 bits per heavy atom. The van der Waals surface area contributed by atoms with E-state index in [1.54, 1.807) is 6.20 Å². The topological polar surface area (TPSA) is 29.0 Å². The summed E-state index contributed by atoms with van der Waals surface area (Å²) in [6.07, 6.45) is 4.18. The van der Waals surface area contributed by atoms with E-state index in [2.05, 4.69) is 21.8 Å². The van der Waals surface area contributed by atoms with Crippen LogP contribution >= 0.6 is 11.6 Å². The van der Waals surface area contributed by atoms with Crippen LogP contribution in [0, 0.1) is 0 Å². The average molecular weight is 198 g/mol. The molecule has 0 aliphatic carbocycles. The highest BCUT2D eigenvalue weighted by Gasteiger charge is 2.21. The molecule has 1 aliphatic rings. The van der Waals surface area contributed by atoms with E-state index >= 15 is 0 Å². The second-order valence-electron chi connectivity index (χ2n) is 3.37. The van der Waals surface area contributed by atoms with Crippen molar-refractivity contribution in [1.29, 1.82) is 0 Å². The molecule has 1 aliphatic heterocycles. The Balaban J connectivity index is 2.24. The maximum absolute atomic E-state index is 5.72. The van der Waals surface area contributed by atoms with Crippen molar-refractivity contribution in [2.24, 2.45) is 0 Å². The molecule has 1 saturated heterocycles. The van der Waals surface area contributed by atoms with Gasteiger partial charge in [0.05, 0.1) is 0 Å². The van der Waals surface area contributed by atoms with Crippen molar-refractivity contribution < 1.29 is 0 Å². The van der Waals surface area contributed by atoms with Gasteiger partial charge in [0, 0.05) is 18.8 Å². The lowest BCUT2D eigenvalue weighted by molar-refractivity contribution is 0.726. The maximum atomic E-state index is 5.72. The number of aromatic nitrogens is 2. The minimum absolute atomic E-state index is 0.330. The minimum atomic E-state index is 0.330. The smallest absolute Gasteiger partial charge is 0.224 e. The van der Waals surface area contributed by atoms with Gasteiger partial charge in [0.1, 0.15) is 5.82 Å². The van der Waals surface area contributed by atoms with Crippen molar-refractivity contribution in [3.8, 4) is 0 Å². The molecule has 0 amide bonds. The van der Waals surface area contributed by atoms with E-state index in [9.17, 15) is 0 Å². The van der Waals surface area contributed by atoms with Crippen LogP contribution in [0.25, 0.3) is 0 Å². The van der Waals surface area contributed by atoms with Gasteiger partial charge in [-0.3, -0.25) is 0 Å². The molecule has 1 atom stereocenters. The van der Waals surface area contributed by atoms with E-state index in [1.165, 1.54) is 12.8 Å². The molecule has 13 heavy (non-hydrogen) atoms. The first-order valence-electron chi connectivity index (χ1n) is 4.52. The van der Waals surface area contributed by atoms with Crippen LogP contribution in [0.3, 0.4) is 0 Å². The van der Waals surface area contributed by atoms with Crippen molar-refractivity contribution in [1.82, 2.24) is 9.97 Å². The molecule has 70 valence electrons. The summed E-state index contributed by atoms with van der Waals surface area (Å²) in [6.45, 7) is 3.29. The van der Waals surface area contributed by atoms with E-state index in [1.807, 2.05) is 6.07 Å². The lowest BCUT2D eigenvalue weighted by Gasteiger charge is -2.21. The van der Waals surface area contributed by atoms with E-state index in [-0.39, 0.29) is 0 Å². The van der Waals surface area contributed by atoms with Gasteiger partial charge >= 0.3 is 0 Å². The van der Waals surface area contributed by atoms with Crippen LogP contribution in [0.1, 0.15) is 19.8 Å². The Morgan fingerprint density at radius 1 is 1.62 bits per heavy atom. The number of halogens is 1. The third kappa shape index (κ3) is 1.75. The van der Waals surface area contributed by atoms with Gasteiger partial charge in [-0.2, -0.15) is 0 Å². The third-order valence-corrected chi connectivity index (χ3v) is 2.64. The van der Waals surface area contributed by atoms with Gasteiger partial charge in [-0.1, -0.05) is 0 Å². The van der Waals surface area contributed by atoms with Gasteiger partial charge in [-0.25, -0.2) is 9.97 Å². The Morgan fingerprint density at radius 2 is 2.46 bits per heavy atom. The first-order valence-corrected chi connectivity index (χ1v) is 4.90. The van der Waals surface area contributed by atoms with Crippen LogP contribution in [-0.2, 0) is 0 Å². The molecule has 1 fully saturated rings. The van der Waals surface area contributed by atoms with Crippen LogP contribution < -0.4 is 4.90 Å². The number of hydrogen-bond donors (Lipinski definition) is 0. The Labute approximate surface area is 82.8 Å². The number of hydrogen-bond acceptors (Lipinski definition) is 3. The molecule has 0 radical (unpaired) electrons. The summed E-state index contributed by atoms with van der Waals surface area (Å²) in [5, 5.41) is 0.330. The van der Waals surface area contributed by atoms with Crippen LogP contribution in [-0.4, -0.2) is 22.6 Å². The summed E-state index contributed by atoms with van der Waals surface area (Å²) in [7, 11) is 0. The standard InChI is InChI=1S/C9H12ClN3/c1-7-3-2-6-13(7)8-4-5-11-9(10)12-8/h4-5,7H,2-3,6H2,1H3/t7-/m0/s1. The van der Waals surface area contributed by atoms with Crippen LogP contribution in [0.4, 0.5) is 5.82 Å². The molecular weight excluding hydrogens is 186 g/mol. The Kier molecular flexibility index (Phi) is 2.36. The monoisotopic (exact) mass is 197 g/mol. The fourth-order valence-corrected chi connectivity index (χ4v) is 1.90. The lowest BCUT2D eigenvalue weighted by atomic mass is 10.2. The van der Waals surface area contributed by atoms with Crippen LogP contribution in [0.5, 0.6) is 0 Å². The summed E-state index contributed by atoms with van der Waals surface area (Å²) < 4.78 is 0. The molecule has 0 aromatic carbocycles. The van der Waals surface area contributed by atoms with Crippen molar-refractivity contribution in [3.05, 3.63) is 17.5 Å². The molecule has 3 nitrogen and oxygen atoms in total. The van der Waals surface area contributed by atoms with Gasteiger partial charge in [-0.15, -0.1) is 0 Å². The number of anilines is 1. The van der Waals surface area contributed by atoms with Crippen molar-refractivity contribution in [2.75, 3.05) is 11.4 Å². The highest BCUT2D eigenvalue weighted by Crippen LogP contribution is 2.23. The van der Waals surface area contributed by atoms with Crippen LogP contribution in [0.15, 0.2) is 12.3 Å². The molecule has 0 unspecified atom stereocenters. The van der Waals surface area contributed by atoms with E-state index < -0.39 is 0 Å². The summed E-state index contributed by atoms with van der Waals surface area (Å²) in [5.74, 6) is 0.949. The highest BCUT2D eigenvalue weighted by molar-refractivity contribution is 6.28. The lowest BCUT2D eigenvalue weighted by Crippen LogP contribution is -2.27. The fourth-order valence-electron chi connectivity index (χ4n) is 1.76. The summed E-state index contributed by atoms with van der Waals surface area (Å²) >= 11 is 5.72. The summed E-state index contributed by atoms with van der Waals surface area (Å²) in [6, 6.07) is 2.49. The van der Waals surface area contributed by atoms with E-state index in [0.29, 0.717) is 11.3 Å². The maximum Gasteiger partial charge on any atom is 0.224 e. The van der Waals surface area contributed by atoms with E-state index in [0.717, 1.165) is 12.4 Å². The summed E-state index contributed by atoms with van der Waals surface area (Å²) in [4.78, 5) is 10.3. The van der Waals surface area contributed by atoms with Crippen molar-refractivity contribution in [2.45, 2.75) is 25.8 Å². The number of nitrogens with zero attached hydrogens (tertiary/aromatic N) is 3. The Hall–Kier alpha value is -0.830. The zero-order valence-corrected chi connectivity index (χ0v) is 8.33. The molecule has 0 bridgehead atoms. The normalized spacial score (nSPS) is 22.3. The van der Waals surface area contributed by atoms with Gasteiger partial charge < -0.3 is 4.90 Å². The largest absolute Gasteiger partial charge is 0.354 e. The quantitative estimate of drug-likeness (QED) is 0.646. The minimum Gasteiger partial charge on any atom is -0.354 e. The predicted molar refractivity (Wildman–Crippen MR) is 53.1 cm³/mol. The predicted octanol–water partition coefficient (Wildman–Crippen LogP) is 2.12. The molecule has 0 spiro atoms. The molecule has 1 aromatic rings. The number of rotatable bonds is 1. The molecular formula is C9H12ClN3. The fraction of sp³-hybridized carbons (Fsp3) is 0.556. The first kappa shape index (κ1) is 8.75. The van der Waals surface area contributed by atoms with Crippen molar-refractivity contribution in [3.63, 3.8) is 0 Å². The molecule has 2 rings (SSSR count). The second kappa shape index (κ2) is 3.50. The summed E-state index contributed by atoms with van der Waals surface area (Å²) in [5.41, 5.74) is 0. The van der Waals surface area contributed by atoms with Gasteiger partial charge in [-0.05, 0) is 37.4 Å². The van der Waals surface area contributed by atoms with Crippen LogP contribution in [0.2, 0.25) is 5.28 Å².